The van der Waals surface area contributed by atoms with E-state index in [-0.39, 0.29) is 5.54 Å². The van der Waals surface area contributed by atoms with Gasteiger partial charge in [0.1, 0.15) is 5.82 Å². The molecule has 76 valence electrons. The summed E-state index contributed by atoms with van der Waals surface area (Å²) in [6, 6.07) is 0. The van der Waals surface area contributed by atoms with Crippen molar-refractivity contribution in [1.82, 2.24) is 9.97 Å². The van der Waals surface area contributed by atoms with Crippen molar-refractivity contribution in [2.75, 3.05) is 0 Å². The molecule has 0 aliphatic heterocycles. The third-order valence-electron chi connectivity index (χ3n) is 3.80. The normalized spacial score (nSPS) is 39.9. The van der Waals surface area contributed by atoms with Crippen molar-refractivity contribution in [2.45, 2.75) is 38.6 Å². The Morgan fingerprint density at radius 3 is 2.50 bits per heavy atom. The summed E-state index contributed by atoms with van der Waals surface area (Å²) in [5, 5.41) is 0. The van der Waals surface area contributed by atoms with Crippen LogP contribution in [0.5, 0.6) is 0 Å². The Hall–Kier alpha value is -0.830. The second-order valence-corrected chi connectivity index (χ2v) is 5.12. The molecule has 0 radical (unpaired) electrons. The fourth-order valence-electron chi connectivity index (χ4n) is 3.12. The molecule has 0 bridgehead atoms. The summed E-state index contributed by atoms with van der Waals surface area (Å²) >= 11 is 0. The minimum absolute atomic E-state index is 0.123. The zero-order valence-electron chi connectivity index (χ0n) is 8.80. The molecule has 3 N–H and O–H groups in total. The average molecular weight is 191 g/mol. The van der Waals surface area contributed by atoms with Gasteiger partial charge in [0.2, 0.25) is 0 Å². The molecule has 3 rings (SSSR count). The average Bonchev–Trinajstić information content (AvgIpc) is 2.55. The van der Waals surface area contributed by atoms with E-state index in [0.29, 0.717) is 0 Å². The van der Waals surface area contributed by atoms with Gasteiger partial charge < -0.3 is 10.7 Å². The highest BCUT2D eigenvalue weighted by Crippen LogP contribution is 2.58. The van der Waals surface area contributed by atoms with Crippen molar-refractivity contribution >= 4 is 0 Å². The number of hydrogen-bond donors (Lipinski definition) is 2. The molecule has 2 saturated carbocycles. The van der Waals surface area contributed by atoms with Crippen molar-refractivity contribution < 1.29 is 0 Å². The van der Waals surface area contributed by atoms with Gasteiger partial charge in [-0.3, -0.25) is 0 Å². The number of aryl methyl sites for hydroxylation is 2. The number of rotatable bonds is 1. The lowest BCUT2D eigenvalue weighted by Crippen LogP contribution is -2.36. The number of imidazole rings is 1. The van der Waals surface area contributed by atoms with Gasteiger partial charge in [-0.2, -0.15) is 0 Å². The fourth-order valence-corrected chi connectivity index (χ4v) is 3.12. The maximum Gasteiger partial charge on any atom is 0.103 e. The van der Waals surface area contributed by atoms with E-state index < -0.39 is 0 Å². The van der Waals surface area contributed by atoms with Crippen LogP contribution in [-0.4, -0.2) is 9.97 Å². The largest absolute Gasteiger partial charge is 0.346 e. The maximum atomic E-state index is 6.43. The molecule has 2 atom stereocenters. The Morgan fingerprint density at radius 1 is 1.36 bits per heavy atom. The molecule has 14 heavy (non-hydrogen) atoms. The van der Waals surface area contributed by atoms with E-state index in [1.54, 1.807) is 0 Å². The highest BCUT2D eigenvalue weighted by Gasteiger charge is 2.53. The zero-order chi connectivity index (χ0) is 9.92. The van der Waals surface area contributed by atoms with Gasteiger partial charge >= 0.3 is 0 Å². The first-order valence-corrected chi connectivity index (χ1v) is 5.41. The zero-order valence-corrected chi connectivity index (χ0v) is 8.80. The summed E-state index contributed by atoms with van der Waals surface area (Å²) in [6.45, 7) is 4.07. The van der Waals surface area contributed by atoms with Crippen LogP contribution in [0.4, 0.5) is 0 Å². The van der Waals surface area contributed by atoms with E-state index in [4.69, 9.17) is 5.73 Å². The molecular formula is C11H17N3. The van der Waals surface area contributed by atoms with Gasteiger partial charge in [0.15, 0.2) is 0 Å². The van der Waals surface area contributed by atoms with Crippen LogP contribution in [0.3, 0.4) is 0 Å². The summed E-state index contributed by atoms with van der Waals surface area (Å²) < 4.78 is 0. The van der Waals surface area contributed by atoms with Crippen LogP contribution in [0.1, 0.15) is 36.5 Å². The molecule has 3 heteroatoms. The number of nitrogens with zero attached hydrogens (tertiary/aromatic N) is 1. The van der Waals surface area contributed by atoms with E-state index in [1.807, 2.05) is 6.92 Å². The molecule has 2 fully saturated rings. The van der Waals surface area contributed by atoms with Gasteiger partial charge in [-0.15, -0.1) is 0 Å². The van der Waals surface area contributed by atoms with Crippen molar-refractivity contribution in [3.8, 4) is 0 Å². The molecule has 2 unspecified atom stereocenters. The van der Waals surface area contributed by atoms with Crippen molar-refractivity contribution in [2.24, 2.45) is 17.6 Å². The summed E-state index contributed by atoms with van der Waals surface area (Å²) in [6.07, 6.45) is 3.69. The molecular weight excluding hydrogens is 174 g/mol. The quantitative estimate of drug-likeness (QED) is 0.708. The molecule has 0 saturated heterocycles. The third-order valence-corrected chi connectivity index (χ3v) is 3.80. The van der Waals surface area contributed by atoms with Crippen molar-refractivity contribution in [3.05, 3.63) is 17.2 Å². The number of fused-ring (bicyclic) bond motifs is 1. The van der Waals surface area contributed by atoms with E-state index >= 15 is 0 Å². The van der Waals surface area contributed by atoms with Crippen molar-refractivity contribution in [1.29, 1.82) is 0 Å². The van der Waals surface area contributed by atoms with Crippen LogP contribution in [0.25, 0.3) is 0 Å². The van der Waals surface area contributed by atoms with Crippen molar-refractivity contribution in [3.63, 3.8) is 0 Å². The lowest BCUT2D eigenvalue weighted by Gasteiger charge is -2.24. The number of nitrogens with one attached hydrogen (secondary N) is 1. The minimum Gasteiger partial charge on any atom is -0.346 e. The number of aromatic amines is 1. The first kappa shape index (κ1) is 8.48. The molecule has 0 amide bonds. The molecule has 3 nitrogen and oxygen atoms in total. The first-order valence-electron chi connectivity index (χ1n) is 5.41. The molecule has 0 aromatic carbocycles. The number of nitrogens with two attached hydrogens (primary N) is 1. The van der Waals surface area contributed by atoms with E-state index in [0.717, 1.165) is 41.9 Å². The maximum absolute atomic E-state index is 6.43. The third kappa shape index (κ3) is 1.05. The standard InChI is InChI=1S/C11H17N3/c1-6-10(14-7(2)13-6)11(12)4-8-3-9(8)5-11/h8-9H,3-5,12H2,1-2H3,(H,13,14). The van der Waals surface area contributed by atoms with Crippen LogP contribution in [-0.2, 0) is 5.54 Å². The molecule has 1 heterocycles. The molecule has 2 aliphatic carbocycles. The smallest absolute Gasteiger partial charge is 0.103 e. The van der Waals surface area contributed by atoms with Gasteiger partial charge in [0.05, 0.1) is 11.2 Å². The Morgan fingerprint density at radius 2 is 2.00 bits per heavy atom. The molecule has 2 aliphatic rings. The highest BCUT2D eigenvalue weighted by molar-refractivity contribution is 5.26. The number of hydrogen-bond acceptors (Lipinski definition) is 2. The van der Waals surface area contributed by atoms with E-state index in [1.165, 1.54) is 6.42 Å². The lowest BCUT2D eigenvalue weighted by molar-refractivity contribution is 0.398. The Kier molecular flexibility index (Phi) is 1.45. The molecule has 0 spiro atoms. The van der Waals surface area contributed by atoms with Crippen LogP contribution < -0.4 is 5.73 Å². The fraction of sp³-hybridized carbons (Fsp3) is 0.727. The van der Waals surface area contributed by atoms with Gasteiger partial charge in [-0.1, -0.05) is 0 Å². The Bertz CT molecular complexity index is 370. The van der Waals surface area contributed by atoms with E-state index in [9.17, 15) is 0 Å². The summed E-state index contributed by atoms with van der Waals surface area (Å²) in [7, 11) is 0. The number of H-pyrrole nitrogens is 1. The van der Waals surface area contributed by atoms with E-state index in [2.05, 4.69) is 16.9 Å². The van der Waals surface area contributed by atoms with Crippen LogP contribution in [0.2, 0.25) is 0 Å². The number of aromatic nitrogens is 2. The van der Waals surface area contributed by atoms with Gasteiger partial charge in [0, 0.05) is 5.69 Å². The molecule has 1 aromatic rings. The SMILES string of the molecule is Cc1nc(C2(N)CC3CC3C2)c(C)[nH]1. The van der Waals surface area contributed by atoms with Crippen LogP contribution >= 0.6 is 0 Å². The summed E-state index contributed by atoms with van der Waals surface area (Å²) in [4.78, 5) is 7.79. The Balaban J connectivity index is 1.97. The topological polar surface area (TPSA) is 54.7 Å². The predicted molar refractivity (Wildman–Crippen MR) is 54.8 cm³/mol. The van der Waals surface area contributed by atoms with Crippen LogP contribution in [0, 0.1) is 25.7 Å². The van der Waals surface area contributed by atoms with Gasteiger partial charge in [0.25, 0.3) is 0 Å². The van der Waals surface area contributed by atoms with Gasteiger partial charge in [-0.25, -0.2) is 4.98 Å². The highest BCUT2D eigenvalue weighted by atomic mass is 15.0. The Labute approximate surface area is 84.1 Å². The monoisotopic (exact) mass is 191 g/mol. The summed E-state index contributed by atoms with van der Waals surface area (Å²) in [5.41, 5.74) is 8.58. The lowest BCUT2D eigenvalue weighted by atomic mass is 9.90. The predicted octanol–water partition coefficient (Wildman–Crippen LogP) is 1.61. The first-order chi connectivity index (χ1) is 6.58. The van der Waals surface area contributed by atoms with Gasteiger partial charge in [-0.05, 0) is 44.9 Å². The minimum atomic E-state index is -0.123. The van der Waals surface area contributed by atoms with Crippen LogP contribution in [0.15, 0.2) is 0 Å². The second-order valence-electron chi connectivity index (χ2n) is 5.12. The second kappa shape index (κ2) is 2.40. The summed E-state index contributed by atoms with van der Waals surface area (Å²) in [5.74, 6) is 2.79. The molecule has 1 aromatic heterocycles.